The van der Waals surface area contributed by atoms with Crippen LogP contribution in [-0.4, -0.2) is 81.4 Å². The highest BCUT2D eigenvalue weighted by Crippen LogP contribution is 2.47. The SMILES string of the molecule is CCOC(=O)C12CC1/C=C\CCCCN(C)C(=O)C1CC(Oc3nc(-n4ccc(C(C)C)n4)nc4c(C)c(OC)ccc34)CC1C(=O)N2. The number of hydrogen-bond acceptors (Lipinski definition) is 9. The van der Waals surface area contributed by atoms with Crippen LogP contribution in [0.15, 0.2) is 36.5 Å². The fourth-order valence-corrected chi connectivity index (χ4v) is 7.04. The number of nitrogens with one attached hydrogen (secondary N) is 1. The molecule has 1 aromatic carbocycles. The summed E-state index contributed by atoms with van der Waals surface area (Å²) in [7, 11) is 3.41. The van der Waals surface area contributed by atoms with Gasteiger partial charge in [0.2, 0.25) is 17.7 Å². The molecule has 5 atom stereocenters. The Labute approximate surface area is 281 Å². The number of ether oxygens (including phenoxy) is 3. The Kier molecular flexibility index (Phi) is 9.44. The van der Waals surface area contributed by atoms with Gasteiger partial charge in [-0.3, -0.25) is 9.59 Å². The van der Waals surface area contributed by atoms with Crippen molar-refractivity contribution >= 4 is 28.7 Å². The van der Waals surface area contributed by atoms with Crippen molar-refractivity contribution in [3.8, 4) is 17.6 Å². The lowest BCUT2D eigenvalue weighted by Gasteiger charge is -2.26. The highest BCUT2D eigenvalue weighted by Gasteiger charge is 2.62. The first kappa shape index (κ1) is 33.4. The van der Waals surface area contributed by atoms with Crippen molar-refractivity contribution in [3.63, 3.8) is 0 Å². The summed E-state index contributed by atoms with van der Waals surface area (Å²) >= 11 is 0. The molecular formula is C36H46N6O6. The normalized spacial score (nSPS) is 26.8. The number of fused-ring (bicyclic) bond motifs is 3. The molecular weight excluding hydrogens is 612 g/mol. The minimum Gasteiger partial charge on any atom is -0.496 e. The van der Waals surface area contributed by atoms with Crippen LogP contribution in [0, 0.1) is 24.7 Å². The number of rotatable bonds is 7. The van der Waals surface area contributed by atoms with Crippen molar-refractivity contribution in [3.05, 3.63) is 47.8 Å². The van der Waals surface area contributed by atoms with Crippen LogP contribution in [0.3, 0.4) is 0 Å². The molecule has 1 aliphatic heterocycles. The van der Waals surface area contributed by atoms with Gasteiger partial charge in [0.1, 0.15) is 17.4 Å². The van der Waals surface area contributed by atoms with E-state index in [0.717, 1.165) is 30.5 Å². The number of aromatic nitrogens is 4. The second-order valence-corrected chi connectivity index (χ2v) is 13.6. The molecule has 1 N–H and O–H groups in total. The molecule has 2 aromatic heterocycles. The molecule has 0 radical (unpaired) electrons. The van der Waals surface area contributed by atoms with Crippen molar-refractivity contribution in [1.29, 1.82) is 0 Å². The van der Waals surface area contributed by atoms with Crippen molar-refractivity contribution in [1.82, 2.24) is 30.0 Å². The van der Waals surface area contributed by atoms with E-state index in [2.05, 4.69) is 25.2 Å². The summed E-state index contributed by atoms with van der Waals surface area (Å²) in [5.41, 5.74) is 1.28. The first-order chi connectivity index (χ1) is 23.1. The summed E-state index contributed by atoms with van der Waals surface area (Å²) in [4.78, 5) is 52.5. The van der Waals surface area contributed by atoms with E-state index < -0.39 is 29.4 Å². The number of carbonyl (C=O) groups is 3. The average Bonchev–Trinajstić information content (AvgIpc) is 3.37. The standard InChI is InChI=1S/C36H46N6O6/c1-7-47-34(45)36-20-23(36)12-10-8-9-11-16-41(5)33(44)27-19-24(18-26(27)31(43)39-36)48-32-25-13-14-29(46-6)22(4)30(25)37-35(38-32)42-17-15-28(40-42)21(2)3/h10,12-15,17,21,23-24,26-27H,7-9,11,16,18-20H2,1-6H3,(H,39,43)/b12-10-. The van der Waals surface area contributed by atoms with E-state index in [0.29, 0.717) is 47.9 Å². The lowest BCUT2D eigenvalue weighted by Crippen LogP contribution is -2.50. The number of hydrogen-bond donors (Lipinski definition) is 1. The molecule has 6 rings (SSSR count). The molecule has 12 nitrogen and oxygen atoms in total. The predicted molar refractivity (Wildman–Crippen MR) is 179 cm³/mol. The molecule has 256 valence electrons. The van der Waals surface area contributed by atoms with Gasteiger partial charge in [-0.05, 0) is 76.5 Å². The van der Waals surface area contributed by atoms with Gasteiger partial charge in [-0.15, -0.1) is 0 Å². The Morgan fingerprint density at radius 2 is 1.92 bits per heavy atom. The summed E-state index contributed by atoms with van der Waals surface area (Å²) in [6, 6.07) is 5.66. The van der Waals surface area contributed by atoms with Crippen LogP contribution in [0.5, 0.6) is 11.6 Å². The Hall–Kier alpha value is -4.48. The van der Waals surface area contributed by atoms with Gasteiger partial charge in [0, 0.05) is 31.3 Å². The second-order valence-electron chi connectivity index (χ2n) is 13.6. The van der Waals surface area contributed by atoms with Gasteiger partial charge < -0.3 is 24.4 Å². The third-order valence-corrected chi connectivity index (χ3v) is 9.96. The zero-order valence-electron chi connectivity index (χ0n) is 28.7. The maximum Gasteiger partial charge on any atom is 0.332 e. The Morgan fingerprint density at radius 1 is 1.12 bits per heavy atom. The lowest BCUT2D eigenvalue weighted by molar-refractivity contribution is -0.150. The van der Waals surface area contributed by atoms with Crippen LogP contribution in [0.25, 0.3) is 16.9 Å². The summed E-state index contributed by atoms with van der Waals surface area (Å²) in [6.45, 7) is 8.65. The van der Waals surface area contributed by atoms with Crippen molar-refractivity contribution in [2.45, 2.75) is 83.8 Å². The van der Waals surface area contributed by atoms with Crippen LogP contribution in [0.2, 0.25) is 0 Å². The minimum absolute atomic E-state index is 0.0991. The van der Waals surface area contributed by atoms with E-state index in [1.165, 1.54) is 0 Å². The Bertz CT molecular complexity index is 1730. The Balaban J connectivity index is 1.34. The number of benzene rings is 1. The number of carbonyl (C=O) groups excluding carboxylic acids is 3. The van der Waals surface area contributed by atoms with Crippen LogP contribution in [0.4, 0.5) is 0 Å². The second kappa shape index (κ2) is 13.6. The van der Waals surface area contributed by atoms with E-state index in [4.69, 9.17) is 29.3 Å². The van der Waals surface area contributed by atoms with Gasteiger partial charge in [-0.25, -0.2) is 14.5 Å². The molecule has 3 heterocycles. The molecule has 2 fully saturated rings. The van der Waals surface area contributed by atoms with Gasteiger partial charge in [-0.2, -0.15) is 10.1 Å². The third kappa shape index (κ3) is 6.36. The minimum atomic E-state index is -1.11. The van der Waals surface area contributed by atoms with Gasteiger partial charge in [0.25, 0.3) is 5.95 Å². The topological polar surface area (TPSA) is 138 Å². The van der Waals surface area contributed by atoms with Gasteiger partial charge in [-0.1, -0.05) is 26.0 Å². The fourth-order valence-electron chi connectivity index (χ4n) is 7.04. The third-order valence-electron chi connectivity index (χ3n) is 9.96. The molecule has 0 bridgehead atoms. The molecule has 0 saturated heterocycles. The number of esters is 1. The summed E-state index contributed by atoms with van der Waals surface area (Å²) < 4.78 is 19.3. The van der Waals surface area contributed by atoms with Gasteiger partial charge >= 0.3 is 5.97 Å². The molecule has 5 unspecified atom stereocenters. The molecule has 3 aliphatic rings. The molecule has 3 aromatic rings. The fraction of sp³-hybridized carbons (Fsp3) is 0.556. The van der Waals surface area contributed by atoms with Crippen LogP contribution in [0.1, 0.15) is 76.5 Å². The highest BCUT2D eigenvalue weighted by molar-refractivity contribution is 5.95. The summed E-state index contributed by atoms with van der Waals surface area (Å²) in [5.74, 6) is -0.735. The Morgan fingerprint density at radius 3 is 2.65 bits per heavy atom. The van der Waals surface area contributed by atoms with Gasteiger partial charge in [0.15, 0.2) is 0 Å². The van der Waals surface area contributed by atoms with E-state index in [1.54, 1.807) is 30.7 Å². The maximum atomic E-state index is 14.1. The van der Waals surface area contributed by atoms with E-state index in [1.807, 2.05) is 37.4 Å². The van der Waals surface area contributed by atoms with Crippen LogP contribution >= 0.6 is 0 Å². The van der Waals surface area contributed by atoms with Crippen LogP contribution in [-0.2, 0) is 19.1 Å². The molecule has 48 heavy (non-hydrogen) atoms. The van der Waals surface area contributed by atoms with Crippen molar-refractivity contribution < 1.29 is 28.6 Å². The monoisotopic (exact) mass is 658 g/mol. The van der Waals surface area contributed by atoms with Gasteiger partial charge in [0.05, 0.1) is 42.1 Å². The van der Waals surface area contributed by atoms with E-state index in [9.17, 15) is 14.4 Å². The molecule has 2 saturated carbocycles. The van der Waals surface area contributed by atoms with Crippen molar-refractivity contribution in [2.24, 2.45) is 17.8 Å². The quantitative estimate of drug-likeness (QED) is 0.284. The largest absolute Gasteiger partial charge is 0.496 e. The predicted octanol–water partition coefficient (Wildman–Crippen LogP) is 4.67. The summed E-state index contributed by atoms with van der Waals surface area (Å²) in [5, 5.41) is 8.43. The molecule has 12 heteroatoms. The number of nitrogens with zero attached hydrogens (tertiary/aromatic N) is 5. The number of allylic oxidation sites excluding steroid dienone is 1. The smallest absolute Gasteiger partial charge is 0.332 e. The van der Waals surface area contributed by atoms with E-state index in [-0.39, 0.29) is 36.7 Å². The molecule has 0 spiro atoms. The molecule has 2 aliphatic carbocycles. The lowest BCUT2D eigenvalue weighted by atomic mass is 9.93. The van der Waals surface area contributed by atoms with Crippen LogP contribution < -0.4 is 14.8 Å². The first-order valence-corrected chi connectivity index (χ1v) is 17.0. The number of aryl methyl sites for hydroxylation is 1. The zero-order chi connectivity index (χ0) is 34.2. The average molecular weight is 659 g/mol. The first-order valence-electron chi connectivity index (χ1n) is 17.0. The number of methoxy groups -OCH3 is 1. The summed E-state index contributed by atoms with van der Waals surface area (Å²) in [6.07, 6.45) is 9.10. The van der Waals surface area contributed by atoms with Crippen molar-refractivity contribution in [2.75, 3.05) is 27.3 Å². The molecule has 2 amide bonds. The zero-order valence-corrected chi connectivity index (χ0v) is 28.7. The number of amides is 2. The highest BCUT2D eigenvalue weighted by atomic mass is 16.5. The maximum absolute atomic E-state index is 14.1. The van der Waals surface area contributed by atoms with E-state index >= 15 is 0 Å².